The number of aromatic nitrogens is 2. The van der Waals surface area contributed by atoms with E-state index in [-0.39, 0.29) is 5.91 Å². The van der Waals surface area contributed by atoms with Gasteiger partial charge >= 0.3 is 0 Å². The number of hydrogen-bond donors (Lipinski definition) is 2. The van der Waals surface area contributed by atoms with Crippen LogP contribution in [0.3, 0.4) is 0 Å². The zero-order valence-electron chi connectivity index (χ0n) is 8.06. The molecule has 15 heavy (non-hydrogen) atoms. The van der Waals surface area contributed by atoms with E-state index in [2.05, 4.69) is 15.3 Å². The zero-order chi connectivity index (χ0) is 10.5. The van der Waals surface area contributed by atoms with Crippen LogP contribution < -0.4 is 5.32 Å². The Hall–Kier alpha value is -1.62. The number of H-pyrrole nitrogens is 1. The molecule has 0 radical (unpaired) electrons. The molecule has 0 aromatic carbocycles. The quantitative estimate of drug-likeness (QED) is 0.818. The molecule has 2 rings (SSSR count). The average molecular weight is 221 g/mol. The van der Waals surface area contributed by atoms with Crippen molar-refractivity contribution in [1.82, 2.24) is 15.3 Å². The molecular formula is C10H11N3OS. The molecule has 0 bridgehead atoms. The van der Waals surface area contributed by atoms with Gasteiger partial charge in [0.1, 0.15) is 5.82 Å². The molecule has 0 aliphatic rings. The van der Waals surface area contributed by atoms with Crippen LogP contribution in [0.1, 0.15) is 10.7 Å². The maximum absolute atomic E-state index is 11.5. The van der Waals surface area contributed by atoms with Gasteiger partial charge in [0.05, 0.1) is 13.0 Å². The minimum absolute atomic E-state index is 0.0221. The highest BCUT2D eigenvalue weighted by atomic mass is 32.1. The highest BCUT2D eigenvalue weighted by Gasteiger charge is 2.04. The van der Waals surface area contributed by atoms with E-state index in [4.69, 9.17) is 0 Å². The molecule has 0 atom stereocenters. The summed E-state index contributed by atoms with van der Waals surface area (Å²) in [7, 11) is 0. The van der Waals surface area contributed by atoms with Crippen molar-refractivity contribution in [2.45, 2.75) is 13.0 Å². The second-order valence-corrected chi connectivity index (χ2v) is 4.10. The third kappa shape index (κ3) is 2.92. The Kier molecular flexibility index (Phi) is 3.14. The molecule has 0 aliphatic heterocycles. The first-order valence-corrected chi connectivity index (χ1v) is 5.50. The summed E-state index contributed by atoms with van der Waals surface area (Å²) in [4.78, 5) is 19.5. The molecule has 0 fully saturated rings. The molecular weight excluding hydrogens is 210 g/mol. The summed E-state index contributed by atoms with van der Waals surface area (Å²) in [5.74, 6) is 0.795. The number of imidazole rings is 1. The van der Waals surface area contributed by atoms with Gasteiger partial charge < -0.3 is 10.3 Å². The van der Waals surface area contributed by atoms with Gasteiger partial charge in [-0.05, 0) is 11.4 Å². The molecule has 0 saturated carbocycles. The fraction of sp³-hybridized carbons (Fsp3) is 0.200. The zero-order valence-corrected chi connectivity index (χ0v) is 8.88. The maximum atomic E-state index is 11.5. The van der Waals surface area contributed by atoms with Crippen LogP contribution >= 0.6 is 11.3 Å². The van der Waals surface area contributed by atoms with Crippen molar-refractivity contribution in [1.29, 1.82) is 0 Å². The minimum atomic E-state index is 0.0221. The second kappa shape index (κ2) is 4.75. The van der Waals surface area contributed by atoms with Crippen molar-refractivity contribution in [3.63, 3.8) is 0 Å². The second-order valence-electron chi connectivity index (χ2n) is 3.07. The molecule has 2 N–H and O–H groups in total. The predicted molar refractivity (Wildman–Crippen MR) is 58.5 cm³/mol. The highest BCUT2D eigenvalue weighted by Crippen LogP contribution is 2.08. The largest absolute Gasteiger partial charge is 0.349 e. The summed E-state index contributed by atoms with van der Waals surface area (Å²) in [5, 5.41) is 4.76. The number of nitrogens with one attached hydrogen (secondary N) is 2. The Balaban J connectivity index is 1.78. The number of hydrogen-bond acceptors (Lipinski definition) is 3. The van der Waals surface area contributed by atoms with Gasteiger partial charge in [0.25, 0.3) is 0 Å². The van der Waals surface area contributed by atoms with Crippen LogP contribution in [0.2, 0.25) is 0 Å². The molecule has 5 heteroatoms. The Bertz CT molecular complexity index is 408. The Morgan fingerprint density at radius 1 is 1.60 bits per heavy atom. The number of aromatic amines is 1. The standard InChI is InChI=1S/C10H11N3OS/c14-10(6-8-2-1-5-15-8)13-7-9-11-3-4-12-9/h1-5H,6-7H2,(H,11,12)(H,13,14). The van der Waals surface area contributed by atoms with E-state index in [1.54, 1.807) is 23.7 Å². The summed E-state index contributed by atoms with van der Waals surface area (Å²) < 4.78 is 0. The van der Waals surface area contributed by atoms with Crippen molar-refractivity contribution in [2.24, 2.45) is 0 Å². The van der Waals surface area contributed by atoms with Crippen molar-refractivity contribution in [2.75, 3.05) is 0 Å². The van der Waals surface area contributed by atoms with Crippen molar-refractivity contribution in [3.05, 3.63) is 40.6 Å². The normalized spacial score (nSPS) is 10.1. The molecule has 2 heterocycles. The molecule has 0 spiro atoms. The van der Waals surface area contributed by atoms with Gasteiger partial charge in [-0.3, -0.25) is 4.79 Å². The highest BCUT2D eigenvalue weighted by molar-refractivity contribution is 7.10. The molecule has 0 unspecified atom stereocenters. The summed E-state index contributed by atoms with van der Waals surface area (Å²) in [6, 6.07) is 3.90. The SMILES string of the molecule is O=C(Cc1cccs1)NCc1ncc[nH]1. The van der Waals surface area contributed by atoms with Gasteiger partial charge in [-0.1, -0.05) is 6.07 Å². The smallest absolute Gasteiger partial charge is 0.225 e. The van der Waals surface area contributed by atoms with Crippen LogP contribution in [-0.2, 0) is 17.8 Å². The van der Waals surface area contributed by atoms with E-state index in [0.717, 1.165) is 10.7 Å². The van der Waals surface area contributed by atoms with Crippen LogP contribution in [0.5, 0.6) is 0 Å². The number of carbonyl (C=O) groups excluding carboxylic acids is 1. The molecule has 0 saturated heterocycles. The van der Waals surface area contributed by atoms with Gasteiger partial charge in [-0.2, -0.15) is 0 Å². The van der Waals surface area contributed by atoms with E-state index < -0.39 is 0 Å². The van der Waals surface area contributed by atoms with Crippen LogP contribution in [0.4, 0.5) is 0 Å². The lowest BCUT2D eigenvalue weighted by Gasteiger charge is -2.01. The van der Waals surface area contributed by atoms with Crippen molar-refractivity contribution >= 4 is 17.2 Å². The Labute approximate surface area is 91.4 Å². The van der Waals surface area contributed by atoms with Gasteiger partial charge in [-0.25, -0.2) is 4.98 Å². The topological polar surface area (TPSA) is 57.8 Å². The number of rotatable bonds is 4. The fourth-order valence-corrected chi connectivity index (χ4v) is 1.91. The summed E-state index contributed by atoms with van der Waals surface area (Å²) >= 11 is 1.59. The maximum Gasteiger partial charge on any atom is 0.225 e. The van der Waals surface area contributed by atoms with Gasteiger partial charge in [0, 0.05) is 17.3 Å². The van der Waals surface area contributed by atoms with Gasteiger partial charge in [0.15, 0.2) is 0 Å². The molecule has 78 valence electrons. The van der Waals surface area contributed by atoms with Crippen LogP contribution in [0, 0.1) is 0 Å². The number of thiophene rings is 1. The summed E-state index contributed by atoms with van der Waals surface area (Å²) in [6.07, 6.45) is 3.85. The first-order chi connectivity index (χ1) is 7.34. The third-order valence-electron chi connectivity index (χ3n) is 1.92. The van der Waals surface area contributed by atoms with E-state index in [1.807, 2.05) is 17.5 Å². The van der Waals surface area contributed by atoms with E-state index in [9.17, 15) is 4.79 Å². The van der Waals surface area contributed by atoms with Crippen LogP contribution in [0.15, 0.2) is 29.9 Å². The lowest BCUT2D eigenvalue weighted by atomic mass is 10.3. The lowest BCUT2D eigenvalue weighted by Crippen LogP contribution is -2.24. The number of nitrogens with zero attached hydrogens (tertiary/aromatic N) is 1. The fourth-order valence-electron chi connectivity index (χ4n) is 1.21. The first kappa shape index (κ1) is 9.92. The monoisotopic (exact) mass is 221 g/mol. The third-order valence-corrected chi connectivity index (χ3v) is 2.80. The minimum Gasteiger partial charge on any atom is -0.349 e. The molecule has 2 aromatic rings. The van der Waals surface area contributed by atoms with Crippen molar-refractivity contribution < 1.29 is 4.79 Å². The van der Waals surface area contributed by atoms with E-state index in [0.29, 0.717) is 13.0 Å². The van der Waals surface area contributed by atoms with E-state index in [1.165, 1.54) is 0 Å². The summed E-state index contributed by atoms with van der Waals surface area (Å²) in [6.45, 7) is 0.456. The van der Waals surface area contributed by atoms with Crippen LogP contribution in [-0.4, -0.2) is 15.9 Å². The molecule has 1 amide bonds. The van der Waals surface area contributed by atoms with E-state index >= 15 is 0 Å². The molecule has 2 aromatic heterocycles. The van der Waals surface area contributed by atoms with Gasteiger partial charge in [-0.15, -0.1) is 11.3 Å². The first-order valence-electron chi connectivity index (χ1n) is 4.62. The van der Waals surface area contributed by atoms with Crippen molar-refractivity contribution in [3.8, 4) is 0 Å². The number of carbonyl (C=O) groups is 1. The summed E-state index contributed by atoms with van der Waals surface area (Å²) in [5.41, 5.74) is 0. The average Bonchev–Trinajstić information content (AvgIpc) is 2.86. The Morgan fingerprint density at radius 2 is 2.53 bits per heavy atom. The number of amides is 1. The Morgan fingerprint density at radius 3 is 3.20 bits per heavy atom. The predicted octanol–water partition coefficient (Wildman–Crippen LogP) is 1.33. The van der Waals surface area contributed by atoms with Crippen LogP contribution in [0.25, 0.3) is 0 Å². The van der Waals surface area contributed by atoms with Gasteiger partial charge in [0.2, 0.25) is 5.91 Å². The molecule has 4 nitrogen and oxygen atoms in total. The molecule has 0 aliphatic carbocycles. The lowest BCUT2D eigenvalue weighted by molar-refractivity contribution is -0.120.